The Hall–Kier alpha value is -1.79. The Morgan fingerprint density at radius 1 is 1.04 bits per heavy atom. The summed E-state index contributed by atoms with van der Waals surface area (Å²) in [7, 11) is -3.60. The first-order valence-corrected chi connectivity index (χ1v) is 10.1. The lowest BCUT2D eigenvalue weighted by molar-refractivity contribution is 0.505. The van der Waals surface area contributed by atoms with E-state index in [1.165, 1.54) is 5.56 Å². The summed E-state index contributed by atoms with van der Waals surface area (Å²) in [5.41, 5.74) is 2.54. The second-order valence-electron chi connectivity index (χ2n) is 5.96. The third-order valence-corrected chi connectivity index (χ3v) is 6.30. The van der Waals surface area contributed by atoms with Crippen LogP contribution in [0.1, 0.15) is 24.2 Å². The number of hydrogen-bond acceptors (Lipinski definition) is 3. The number of nitrogens with one attached hydrogen (secondary N) is 1. The molecule has 6 heteroatoms. The highest BCUT2D eigenvalue weighted by Gasteiger charge is 2.21. The van der Waals surface area contributed by atoms with E-state index < -0.39 is 10.0 Å². The summed E-state index contributed by atoms with van der Waals surface area (Å²) >= 11 is 3.51. The predicted molar refractivity (Wildman–Crippen MR) is 97.8 cm³/mol. The third-order valence-electron chi connectivity index (χ3n) is 4.32. The fourth-order valence-corrected chi connectivity index (χ4v) is 4.79. The molecule has 0 saturated heterocycles. The van der Waals surface area contributed by atoms with Crippen molar-refractivity contribution in [3.05, 3.63) is 58.3 Å². The van der Waals surface area contributed by atoms with Crippen molar-refractivity contribution in [2.75, 3.05) is 4.72 Å². The molecule has 3 aromatic rings. The molecule has 0 saturated carbocycles. The lowest BCUT2D eigenvalue weighted by atomic mass is 9.96. The number of fused-ring (bicyclic) bond motifs is 3. The van der Waals surface area contributed by atoms with E-state index in [9.17, 15) is 8.42 Å². The van der Waals surface area contributed by atoms with Gasteiger partial charge in [-0.25, -0.2) is 8.42 Å². The van der Waals surface area contributed by atoms with Gasteiger partial charge < -0.3 is 4.42 Å². The van der Waals surface area contributed by atoms with Gasteiger partial charge in [0.25, 0.3) is 10.0 Å². The maximum absolute atomic E-state index is 12.5. The number of hydrogen-bond donors (Lipinski definition) is 1. The minimum atomic E-state index is -3.60. The van der Waals surface area contributed by atoms with Crippen LogP contribution < -0.4 is 4.72 Å². The van der Waals surface area contributed by atoms with Gasteiger partial charge >= 0.3 is 0 Å². The smallest absolute Gasteiger partial charge is 0.261 e. The second-order valence-corrected chi connectivity index (χ2v) is 8.50. The average Bonchev–Trinajstić information content (AvgIpc) is 2.95. The van der Waals surface area contributed by atoms with E-state index in [1.54, 1.807) is 36.4 Å². The summed E-state index contributed by atoms with van der Waals surface area (Å²) in [4.78, 5) is 0.246. The Bertz CT molecular complexity index is 1010. The molecule has 0 radical (unpaired) electrons. The van der Waals surface area contributed by atoms with Gasteiger partial charge in [-0.1, -0.05) is 18.2 Å². The fraction of sp³-hybridized carbons (Fsp3) is 0.222. The van der Waals surface area contributed by atoms with Crippen LogP contribution in [-0.2, 0) is 22.9 Å². The van der Waals surface area contributed by atoms with Crippen molar-refractivity contribution < 1.29 is 12.8 Å². The fourth-order valence-electron chi connectivity index (χ4n) is 3.19. The molecule has 1 aliphatic rings. The zero-order valence-electron chi connectivity index (χ0n) is 12.9. The average molecular weight is 406 g/mol. The van der Waals surface area contributed by atoms with Gasteiger partial charge in [0.1, 0.15) is 11.3 Å². The number of anilines is 1. The molecule has 0 amide bonds. The second kappa shape index (κ2) is 5.93. The van der Waals surface area contributed by atoms with E-state index in [0.29, 0.717) is 5.69 Å². The first-order valence-electron chi connectivity index (χ1n) is 7.86. The normalized spacial score (nSPS) is 14.5. The molecule has 1 aromatic heterocycles. The van der Waals surface area contributed by atoms with Gasteiger partial charge in [-0.05, 0) is 59.5 Å². The van der Waals surface area contributed by atoms with Crippen LogP contribution in [0.15, 0.2) is 56.2 Å². The summed E-state index contributed by atoms with van der Waals surface area (Å²) in [5.74, 6) is 1.03. The minimum absolute atomic E-state index is 0.246. The largest absolute Gasteiger partial charge is 0.460 e. The maximum atomic E-state index is 12.5. The molecule has 4 rings (SSSR count). The van der Waals surface area contributed by atoms with E-state index in [1.807, 2.05) is 6.07 Å². The Labute approximate surface area is 149 Å². The van der Waals surface area contributed by atoms with Crippen LogP contribution in [0.4, 0.5) is 5.69 Å². The third kappa shape index (κ3) is 2.74. The van der Waals surface area contributed by atoms with Gasteiger partial charge in [0.05, 0.1) is 15.1 Å². The number of benzene rings is 2. The summed E-state index contributed by atoms with van der Waals surface area (Å²) in [6, 6.07) is 12.0. The van der Waals surface area contributed by atoms with Crippen molar-refractivity contribution >= 4 is 42.6 Å². The van der Waals surface area contributed by atoms with Gasteiger partial charge in [-0.2, -0.15) is 0 Å². The van der Waals surface area contributed by atoms with Crippen LogP contribution >= 0.6 is 15.9 Å². The number of rotatable bonds is 3. The number of halogens is 1. The van der Waals surface area contributed by atoms with E-state index in [2.05, 4.69) is 20.7 Å². The summed E-state index contributed by atoms with van der Waals surface area (Å²) in [6.45, 7) is 0. The van der Waals surface area contributed by atoms with Crippen molar-refractivity contribution in [3.8, 4) is 0 Å². The Morgan fingerprint density at radius 2 is 1.79 bits per heavy atom. The standard InChI is InChI=1S/C18H16BrNO3S/c19-16-11-12(20-24(21,22)13-6-2-1-3-7-13)10-15-14-8-4-5-9-17(14)23-18(15)16/h1-3,6-7,10-11,20H,4-5,8-9H2. The molecule has 2 aromatic carbocycles. The molecule has 1 heterocycles. The van der Waals surface area contributed by atoms with E-state index >= 15 is 0 Å². The first-order chi connectivity index (χ1) is 11.5. The summed E-state index contributed by atoms with van der Waals surface area (Å²) < 4.78 is 34.4. The highest BCUT2D eigenvalue weighted by Crippen LogP contribution is 2.38. The predicted octanol–water partition coefficient (Wildman–Crippen LogP) is 4.87. The molecular formula is C18H16BrNO3S. The molecular weight excluding hydrogens is 390 g/mol. The van der Waals surface area contributed by atoms with E-state index in [0.717, 1.165) is 46.9 Å². The molecule has 124 valence electrons. The van der Waals surface area contributed by atoms with Gasteiger partial charge in [0, 0.05) is 17.4 Å². The SMILES string of the molecule is O=S(=O)(Nc1cc(Br)c2oc3c(c2c1)CCCC3)c1ccccc1. The molecule has 4 nitrogen and oxygen atoms in total. The van der Waals surface area contributed by atoms with Crippen molar-refractivity contribution in [3.63, 3.8) is 0 Å². The number of sulfonamides is 1. The van der Waals surface area contributed by atoms with Gasteiger partial charge in [-0.3, -0.25) is 4.72 Å². The van der Waals surface area contributed by atoms with Crippen LogP contribution in [0.2, 0.25) is 0 Å². The van der Waals surface area contributed by atoms with Crippen molar-refractivity contribution in [1.29, 1.82) is 0 Å². The van der Waals surface area contributed by atoms with Crippen LogP contribution in [0.3, 0.4) is 0 Å². The number of aryl methyl sites for hydroxylation is 2. The molecule has 0 atom stereocenters. The quantitative estimate of drug-likeness (QED) is 0.675. The lowest BCUT2D eigenvalue weighted by Crippen LogP contribution is -2.12. The summed E-state index contributed by atoms with van der Waals surface area (Å²) in [5, 5.41) is 0.991. The first kappa shape index (κ1) is 15.7. The van der Waals surface area contributed by atoms with Gasteiger partial charge in [-0.15, -0.1) is 0 Å². The van der Waals surface area contributed by atoms with E-state index in [-0.39, 0.29) is 4.90 Å². The molecule has 24 heavy (non-hydrogen) atoms. The molecule has 1 N–H and O–H groups in total. The van der Waals surface area contributed by atoms with Gasteiger partial charge in [0.2, 0.25) is 0 Å². The van der Waals surface area contributed by atoms with Gasteiger partial charge in [0.15, 0.2) is 0 Å². The molecule has 0 bridgehead atoms. The van der Waals surface area contributed by atoms with E-state index in [4.69, 9.17) is 4.42 Å². The zero-order chi connectivity index (χ0) is 16.7. The van der Waals surface area contributed by atoms with Crippen molar-refractivity contribution in [1.82, 2.24) is 0 Å². The lowest BCUT2D eigenvalue weighted by Gasteiger charge is -2.10. The molecule has 0 unspecified atom stereocenters. The Kier molecular flexibility index (Phi) is 3.89. The molecule has 0 fully saturated rings. The molecule has 0 spiro atoms. The monoisotopic (exact) mass is 405 g/mol. The van der Waals surface area contributed by atoms with Crippen LogP contribution in [0.25, 0.3) is 11.0 Å². The highest BCUT2D eigenvalue weighted by molar-refractivity contribution is 9.10. The van der Waals surface area contributed by atoms with Crippen LogP contribution in [-0.4, -0.2) is 8.42 Å². The Morgan fingerprint density at radius 3 is 2.58 bits per heavy atom. The zero-order valence-corrected chi connectivity index (χ0v) is 15.3. The van der Waals surface area contributed by atoms with Crippen molar-refractivity contribution in [2.24, 2.45) is 0 Å². The minimum Gasteiger partial charge on any atom is -0.460 e. The number of furan rings is 1. The van der Waals surface area contributed by atoms with Crippen molar-refractivity contribution in [2.45, 2.75) is 30.6 Å². The van der Waals surface area contributed by atoms with Crippen LogP contribution in [0, 0.1) is 0 Å². The molecule has 1 aliphatic carbocycles. The van der Waals surface area contributed by atoms with Crippen LogP contribution in [0.5, 0.6) is 0 Å². The highest BCUT2D eigenvalue weighted by atomic mass is 79.9. The summed E-state index contributed by atoms with van der Waals surface area (Å²) in [6.07, 6.45) is 4.20. The Balaban J connectivity index is 1.78. The maximum Gasteiger partial charge on any atom is 0.261 e. The molecule has 0 aliphatic heterocycles. The topological polar surface area (TPSA) is 59.3 Å².